The first-order valence-electron chi connectivity index (χ1n) is 7.53. The van der Waals surface area contributed by atoms with Gasteiger partial charge in [0.25, 0.3) is 0 Å². The maximum absolute atomic E-state index is 13.4. The van der Waals surface area contributed by atoms with Crippen LogP contribution in [0, 0.1) is 0 Å². The number of allylic oxidation sites excluding steroid dienone is 2. The fourth-order valence-electron chi connectivity index (χ4n) is 3.89. The van der Waals surface area contributed by atoms with Crippen LogP contribution in [0.3, 0.4) is 0 Å². The Balaban J connectivity index is 2.04. The van der Waals surface area contributed by atoms with Gasteiger partial charge in [0.15, 0.2) is 0 Å². The number of carbonyl (C=O) groups excluding carboxylic acids is 2. The topological polar surface area (TPSA) is 49.9 Å². The number of likely N-dealkylation sites (N-methyl/N-ethyl adjacent to an activating group) is 1. The molecule has 0 unspecified atom stereocenters. The van der Waals surface area contributed by atoms with E-state index in [9.17, 15) is 9.59 Å². The third kappa shape index (κ3) is 1.69. The lowest BCUT2D eigenvalue weighted by Gasteiger charge is -2.34. The second-order valence-corrected chi connectivity index (χ2v) is 6.90. The minimum atomic E-state index is -1.10. The molecule has 3 heterocycles. The van der Waals surface area contributed by atoms with E-state index >= 15 is 0 Å². The first-order valence-corrected chi connectivity index (χ1v) is 8.32. The van der Waals surface area contributed by atoms with Crippen LogP contribution in [-0.4, -0.2) is 37.0 Å². The number of hydrogen-bond donors (Lipinski definition) is 0. The maximum Gasteiger partial charge on any atom is 0.336 e. The van der Waals surface area contributed by atoms with Crippen molar-refractivity contribution < 1.29 is 14.3 Å². The molecule has 0 radical (unpaired) electrons. The predicted octanol–water partition coefficient (Wildman–Crippen LogP) is 2.49. The predicted molar refractivity (Wildman–Crippen MR) is 93.2 cm³/mol. The summed E-state index contributed by atoms with van der Waals surface area (Å²) >= 11 is 3.49. The lowest BCUT2D eigenvalue weighted by atomic mass is 9.71. The van der Waals surface area contributed by atoms with Gasteiger partial charge in [0.2, 0.25) is 5.91 Å². The lowest BCUT2D eigenvalue weighted by Crippen LogP contribution is -2.50. The van der Waals surface area contributed by atoms with Gasteiger partial charge in [0.1, 0.15) is 5.41 Å². The van der Waals surface area contributed by atoms with Gasteiger partial charge in [-0.25, -0.2) is 4.79 Å². The number of amides is 1. The van der Waals surface area contributed by atoms with Crippen molar-refractivity contribution >= 4 is 33.5 Å². The average molecular weight is 387 g/mol. The summed E-state index contributed by atoms with van der Waals surface area (Å²) in [6, 6.07) is 5.42. The minimum absolute atomic E-state index is 0.125. The van der Waals surface area contributed by atoms with Crippen molar-refractivity contribution in [1.82, 2.24) is 4.90 Å². The summed E-state index contributed by atoms with van der Waals surface area (Å²) in [4.78, 5) is 29.4. The molecule has 0 aromatic heterocycles. The van der Waals surface area contributed by atoms with Crippen LogP contribution in [0.4, 0.5) is 5.69 Å². The Labute approximate surface area is 148 Å². The van der Waals surface area contributed by atoms with E-state index in [0.29, 0.717) is 5.57 Å². The van der Waals surface area contributed by atoms with Crippen LogP contribution in [0.5, 0.6) is 0 Å². The number of ether oxygens (including phenoxy) is 1. The van der Waals surface area contributed by atoms with E-state index in [1.165, 1.54) is 7.11 Å². The molecule has 122 valence electrons. The highest BCUT2D eigenvalue weighted by atomic mass is 79.9. The summed E-state index contributed by atoms with van der Waals surface area (Å²) in [5.74, 6) is -0.611. The van der Waals surface area contributed by atoms with Crippen LogP contribution in [0.15, 0.2) is 58.9 Å². The zero-order chi connectivity index (χ0) is 17.1. The largest absolute Gasteiger partial charge is 0.466 e. The molecule has 4 rings (SSSR count). The molecule has 3 aliphatic heterocycles. The molecule has 0 aliphatic carbocycles. The number of anilines is 1. The highest BCUT2D eigenvalue weighted by Crippen LogP contribution is 2.54. The van der Waals surface area contributed by atoms with Crippen LogP contribution in [0.25, 0.3) is 0 Å². The SMILES string of the molecule is COC(=O)C1=CN2C=CC=C[C@H]2[C@]12C(=O)N(C)c1ccc(Br)cc12. The van der Waals surface area contributed by atoms with Crippen molar-refractivity contribution in [3.8, 4) is 0 Å². The minimum Gasteiger partial charge on any atom is -0.466 e. The number of benzene rings is 1. The van der Waals surface area contributed by atoms with Crippen molar-refractivity contribution in [2.45, 2.75) is 11.5 Å². The summed E-state index contributed by atoms with van der Waals surface area (Å²) in [6.07, 6.45) is 9.32. The molecule has 0 fully saturated rings. The molecule has 1 aromatic rings. The highest BCUT2D eigenvalue weighted by molar-refractivity contribution is 9.10. The number of methoxy groups -OCH3 is 1. The van der Waals surface area contributed by atoms with Gasteiger partial charge in [-0.15, -0.1) is 0 Å². The lowest BCUT2D eigenvalue weighted by molar-refractivity contribution is -0.138. The number of rotatable bonds is 1. The molecule has 0 bridgehead atoms. The van der Waals surface area contributed by atoms with E-state index in [2.05, 4.69) is 15.9 Å². The summed E-state index contributed by atoms with van der Waals surface area (Å²) in [6.45, 7) is 0. The molecule has 0 N–H and O–H groups in total. The highest BCUT2D eigenvalue weighted by Gasteiger charge is 2.63. The smallest absolute Gasteiger partial charge is 0.336 e. The van der Waals surface area contributed by atoms with Crippen molar-refractivity contribution in [3.05, 3.63) is 64.4 Å². The summed E-state index contributed by atoms with van der Waals surface area (Å²) in [5, 5.41) is 0. The number of halogens is 1. The van der Waals surface area contributed by atoms with E-state index in [1.807, 2.05) is 47.5 Å². The molecule has 1 spiro atoms. The number of fused-ring (bicyclic) bond motifs is 4. The van der Waals surface area contributed by atoms with E-state index < -0.39 is 11.4 Å². The fraction of sp³-hybridized carbons (Fsp3) is 0.222. The molecule has 24 heavy (non-hydrogen) atoms. The molecule has 2 atom stereocenters. The Morgan fingerprint density at radius 2 is 2.12 bits per heavy atom. The quantitative estimate of drug-likeness (QED) is 0.695. The van der Waals surface area contributed by atoms with Crippen LogP contribution >= 0.6 is 15.9 Å². The Hall–Kier alpha value is -2.34. The van der Waals surface area contributed by atoms with Gasteiger partial charge in [0, 0.05) is 29.6 Å². The molecule has 5 nitrogen and oxygen atoms in total. The zero-order valence-electron chi connectivity index (χ0n) is 13.2. The molecular weight excluding hydrogens is 372 g/mol. The van der Waals surface area contributed by atoms with E-state index in [-0.39, 0.29) is 11.9 Å². The average Bonchev–Trinajstić information content (AvgIpc) is 3.05. The van der Waals surface area contributed by atoms with Crippen molar-refractivity contribution in [3.63, 3.8) is 0 Å². The number of carbonyl (C=O) groups is 2. The Morgan fingerprint density at radius 3 is 2.88 bits per heavy atom. The molecular formula is C18H15BrN2O3. The third-order valence-electron chi connectivity index (χ3n) is 4.92. The molecule has 0 saturated carbocycles. The number of nitrogens with zero attached hydrogens (tertiary/aromatic N) is 2. The maximum atomic E-state index is 13.4. The van der Waals surface area contributed by atoms with Gasteiger partial charge >= 0.3 is 5.97 Å². The number of hydrogen-bond acceptors (Lipinski definition) is 4. The van der Waals surface area contributed by atoms with Crippen LogP contribution in [0.2, 0.25) is 0 Å². The monoisotopic (exact) mass is 386 g/mol. The Bertz CT molecular complexity index is 858. The van der Waals surface area contributed by atoms with Gasteiger partial charge in [-0.05, 0) is 29.8 Å². The van der Waals surface area contributed by atoms with Crippen LogP contribution < -0.4 is 4.90 Å². The molecule has 1 aromatic carbocycles. The van der Waals surface area contributed by atoms with Gasteiger partial charge in [0.05, 0.1) is 18.7 Å². The van der Waals surface area contributed by atoms with Gasteiger partial charge in [-0.2, -0.15) is 0 Å². The summed E-state index contributed by atoms with van der Waals surface area (Å²) in [5.41, 5.74) is 0.888. The Kier molecular flexibility index (Phi) is 3.22. The van der Waals surface area contributed by atoms with Gasteiger partial charge in [-0.1, -0.05) is 28.1 Å². The van der Waals surface area contributed by atoms with Crippen molar-refractivity contribution in [2.75, 3.05) is 19.1 Å². The van der Waals surface area contributed by atoms with E-state index in [0.717, 1.165) is 15.7 Å². The van der Waals surface area contributed by atoms with E-state index in [4.69, 9.17) is 4.74 Å². The Morgan fingerprint density at radius 1 is 1.33 bits per heavy atom. The number of esters is 1. The van der Waals surface area contributed by atoms with Gasteiger partial charge in [-0.3, -0.25) is 4.79 Å². The standard InChI is InChI=1S/C18H15BrN2O3/c1-20-14-7-6-11(19)9-12(14)18(17(20)23)13(16(22)24-2)10-21-8-4-3-5-15(18)21/h3-10,15H,1-2H3/t15-,18+/m0/s1. The second kappa shape index (κ2) is 5.08. The summed E-state index contributed by atoms with van der Waals surface area (Å²) < 4.78 is 5.85. The first-order chi connectivity index (χ1) is 11.5. The van der Waals surface area contributed by atoms with Crippen molar-refractivity contribution in [2.24, 2.45) is 0 Å². The zero-order valence-corrected chi connectivity index (χ0v) is 14.8. The summed E-state index contributed by atoms with van der Waals surface area (Å²) in [7, 11) is 3.08. The van der Waals surface area contributed by atoms with Crippen LogP contribution in [0.1, 0.15) is 5.56 Å². The van der Waals surface area contributed by atoms with Gasteiger partial charge < -0.3 is 14.5 Å². The van der Waals surface area contributed by atoms with Crippen molar-refractivity contribution in [1.29, 1.82) is 0 Å². The third-order valence-corrected chi connectivity index (χ3v) is 5.42. The molecule has 0 saturated heterocycles. The normalized spacial score (nSPS) is 26.7. The molecule has 3 aliphatic rings. The second-order valence-electron chi connectivity index (χ2n) is 5.99. The fourth-order valence-corrected chi connectivity index (χ4v) is 4.25. The first kappa shape index (κ1) is 15.2. The molecule has 6 heteroatoms. The van der Waals surface area contributed by atoms with E-state index in [1.54, 1.807) is 18.1 Å². The molecule has 1 amide bonds. The van der Waals surface area contributed by atoms with Crippen LogP contribution in [-0.2, 0) is 19.7 Å².